The SMILES string of the molecule is CCCOc1ccc(NC(=O)C(=O)Nn2c(C(=O)Nc3ccccc3F)cc3cc(Br)ccc32)cc1. The number of para-hydroxylation sites is 1. The molecular formula is C26H22BrFN4O4. The summed E-state index contributed by atoms with van der Waals surface area (Å²) in [5.41, 5.74) is 3.32. The predicted molar refractivity (Wildman–Crippen MR) is 139 cm³/mol. The molecule has 36 heavy (non-hydrogen) atoms. The summed E-state index contributed by atoms with van der Waals surface area (Å²) in [7, 11) is 0. The van der Waals surface area contributed by atoms with Crippen molar-refractivity contribution in [2.24, 2.45) is 0 Å². The fourth-order valence-corrected chi connectivity index (χ4v) is 3.80. The van der Waals surface area contributed by atoms with Crippen LogP contribution in [0, 0.1) is 5.82 Å². The second-order valence-corrected chi connectivity index (χ2v) is 8.69. The van der Waals surface area contributed by atoms with E-state index in [-0.39, 0.29) is 11.4 Å². The van der Waals surface area contributed by atoms with Crippen LogP contribution in [0.2, 0.25) is 0 Å². The number of hydrogen-bond donors (Lipinski definition) is 3. The highest BCUT2D eigenvalue weighted by molar-refractivity contribution is 9.10. The van der Waals surface area contributed by atoms with E-state index in [1.54, 1.807) is 48.5 Å². The van der Waals surface area contributed by atoms with E-state index in [4.69, 9.17) is 4.74 Å². The zero-order chi connectivity index (χ0) is 25.7. The van der Waals surface area contributed by atoms with E-state index >= 15 is 0 Å². The molecule has 0 saturated carbocycles. The standard InChI is InChI=1S/C26H22BrFN4O4/c1-2-13-36-19-10-8-18(9-11-19)29-25(34)26(35)31-32-22-12-7-17(27)14-16(22)15-23(32)24(33)30-21-6-4-3-5-20(21)28/h3-12,14-15H,2,13H2,1H3,(H,29,34)(H,30,33)(H,31,35). The Balaban J connectivity index is 1.55. The van der Waals surface area contributed by atoms with Crippen molar-refractivity contribution in [3.63, 3.8) is 0 Å². The van der Waals surface area contributed by atoms with Crippen LogP contribution in [-0.2, 0) is 9.59 Å². The molecule has 0 aliphatic carbocycles. The maximum atomic E-state index is 14.1. The lowest BCUT2D eigenvalue weighted by molar-refractivity contribution is -0.133. The number of carbonyl (C=O) groups excluding carboxylic acids is 3. The number of nitrogens with one attached hydrogen (secondary N) is 3. The van der Waals surface area contributed by atoms with Crippen LogP contribution in [0.1, 0.15) is 23.8 Å². The molecule has 1 aromatic heterocycles. The number of amides is 3. The number of nitrogens with zero attached hydrogens (tertiary/aromatic N) is 1. The van der Waals surface area contributed by atoms with Crippen LogP contribution in [0.5, 0.6) is 5.75 Å². The van der Waals surface area contributed by atoms with Crippen LogP contribution in [-0.4, -0.2) is 29.0 Å². The number of halogens is 2. The van der Waals surface area contributed by atoms with Gasteiger partial charge >= 0.3 is 11.8 Å². The van der Waals surface area contributed by atoms with Gasteiger partial charge in [0.2, 0.25) is 0 Å². The van der Waals surface area contributed by atoms with E-state index in [0.29, 0.717) is 28.9 Å². The largest absolute Gasteiger partial charge is 0.494 e. The van der Waals surface area contributed by atoms with Gasteiger partial charge < -0.3 is 15.4 Å². The highest BCUT2D eigenvalue weighted by atomic mass is 79.9. The molecule has 1 heterocycles. The third-order valence-electron chi connectivity index (χ3n) is 5.12. The number of rotatable bonds is 7. The Kier molecular flexibility index (Phi) is 7.65. The molecule has 0 unspecified atom stereocenters. The maximum absolute atomic E-state index is 14.1. The lowest BCUT2D eigenvalue weighted by Crippen LogP contribution is -2.36. The molecule has 3 N–H and O–H groups in total. The number of ether oxygens (including phenoxy) is 1. The van der Waals surface area contributed by atoms with Gasteiger partial charge in [0, 0.05) is 15.5 Å². The molecule has 0 fully saturated rings. The third-order valence-corrected chi connectivity index (χ3v) is 5.62. The van der Waals surface area contributed by atoms with Gasteiger partial charge in [-0.3, -0.25) is 19.8 Å². The van der Waals surface area contributed by atoms with Crippen LogP contribution in [0.15, 0.2) is 77.3 Å². The molecule has 0 radical (unpaired) electrons. The Bertz CT molecular complexity index is 1440. The van der Waals surface area contributed by atoms with Crippen LogP contribution >= 0.6 is 15.9 Å². The average Bonchev–Trinajstić information content (AvgIpc) is 3.22. The summed E-state index contributed by atoms with van der Waals surface area (Å²) in [6, 6.07) is 19.0. The summed E-state index contributed by atoms with van der Waals surface area (Å²) in [4.78, 5) is 38.3. The van der Waals surface area contributed by atoms with Crippen molar-refractivity contribution in [3.05, 3.63) is 88.8 Å². The van der Waals surface area contributed by atoms with E-state index in [0.717, 1.165) is 10.9 Å². The van der Waals surface area contributed by atoms with Crippen LogP contribution in [0.3, 0.4) is 0 Å². The lowest BCUT2D eigenvalue weighted by atomic mass is 10.2. The van der Waals surface area contributed by atoms with Gasteiger partial charge in [0.25, 0.3) is 5.91 Å². The summed E-state index contributed by atoms with van der Waals surface area (Å²) in [6.45, 7) is 2.57. The molecule has 0 atom stereocenters. The van der Waals surface area contributed by atoms with Gasteiger partial charge in [-0.05, 0) is 67.1 Å². The van der Waals surface area contributed by atoms with E-state index in [1.165, 1.54) is 28.9 Å². The molecular weight excluding hydrogens is 531 g/mol. The van der Waals surface area contributed by atoms with Crippen molar-refractivity contribution >= 4 is 55.9 Å². The monoisotopic (exact) mass is 552 g/mol. The topological polar surface area (TPSA) is 101 Å². The molecule has 0 aliphatic rings. The Morgan fingerprint density at radius 3 is 2.42 bits per heavy atom. The second kappa shape index (κ2) is 11.0. The van der Waals surface area contributed by atoms with Crippen molar-refractivity contribution in [1.82, 2.24) is 4.68 Å². The van der Waals surface area contributed by atoms with Crippen molar-refractivity contribution in [1.29, 1.82) is 0 Å². The van der Waals surface area contributed by atoms with Gasteiger partial charge in [-0.15, -0.1) is 0 Å². The van der Waals surface area contributed by atoms with Crippen molar-refractivity contribution in [2.75, 3.05) is 22.7 Å². The van der Waals surface area contributed by atoms with Crippen molar-refractivity contribution in [2.45, 2.75) is 13.3 Å². The number of aromatic nitrogens is 1. The molecule has 0 spiro atoms. The number of carbonyl (C=O) groups is 3. The fourth-order valence-electron chi connectivity index (χ4n) is 3.42. The summed E-state index contributed by atoms with van der Waals surface area (Å²) < 4.78 is 21.5. The van der Waals surface area contributed by atoms with E-state index in [1.807, 2.05) is 6.92 Å². The highest BCUT2D eigenvalue weighted by Crippen LogP contribution is 2.24. The van der Waals surface area contributed by atoms with Crippen molar-refractivity contribution in [3.8, 4) is 5.75 Å². The molecule has 0 saturated heterocycles. The minimum atomic E-state index is -0.998. The molecule has 184 valence electrons. The van der Waals surface area contributed by atoms with Gasteiger partial charge in [-0.1, -0.05) is 35.0 Å². The lowest BCUT2D eigenvalue weighted by Gasteiger charge is -2.13. The van der Waals surface area contributed by atoms with Gasteiger partial charge in [0.05, 0.1) is 17.8 Å². The Hall–Kier alpha value is -4.18. The summed E-state index contributed by atoms with van der Waals surface area (Å²) >= 11 is 3.38. The normalized spacial score (nSPS) is 10.6. The minimum Gasteiger partial charge on any atom is -0.494 e. The Morgan fingerprint density at radius 2 is 1.69 bits per heavy atom. The zero-order valence-electron chi connectivity index (χ0n) is 19.2. The molecule has 4 rings (SSSR count). The van der Waals surface area contributed by atoms with E-state index in [9.17, 15) is 18.8 Å². The van der Waals surface area contributed by atoms with Crippen LogP contribution < -0.4 is 20.8 Å². The molecule has 0 bridgehead atoms. The summed E-state index contributed by atoms with van der Waals surface area (Å²) in [6.07, 6.45) is 0.865. The van der Waals surface area contributed by atoms with Gasteiger partial charge in [0.15, 0.2) is 0 Å². The van der Waals surface area contributed by atoms with Gasteiger partial charge in [-0.2, -0.15) is 0 Å². The Morgan fingerprint density at radius 1 is 0.944 bits per heavy atom. The predicted octanol–water partition coefficient (Wildman–Crippen LogP) is 5.29. The number of benzene rings is 3. The Labute approximate surface area is 214 Å². The maximum Gasteiger partial charge on any atom is 0.328 e. The highest BCUT2D eigenvalue weighted by Gasteiger charge is 2.22. The summed E-state index contributed by atoms with van der Waals surface area (Å²) in [5, 5.41) is 5.62. The second-order valence-electron chi connectivity index (χ2n) is 7.77. The number of fused-ring (bicyclic) bond motifs is 1. The van der Waals surface area contributed by atoms with E-state index in [2.05, 4.69) is 32.0 Å². The van der Waals surface area contributed by atoms with E-state index < -0.39 is 23.5 Å². The number of anilines is 2. The fraction of sp³-hybridized carbons (Fsp3) is 0.115. The smallest absolute Gasteiger partial charge is 0.328 e. The van der Waals surface area contributed by atoms with Gasteiger partial charge in [-0.25, -0.2) is 9.07 Å². The summed E-state index contributed by atoms with van der Waals surface area (Å²) in [5.74, 6) is -2.56. The van der Waals surface area contributed by atoms with Gasteiger partial charge in [0.1, 0.15) is 17.3 Å². The first kappa shape index (κ1) is 24.9. The molecule has 0 aliphatic heterocycles. The van der Waals surface area contributed by atoms with Crippen molar-refractivity contribution < 1.29 is 23.5 Å². The molecule has 3 aromatic carbocycles. The van der Waals surface area contributed by atoms with Crippen LogP contribution in [0.25, 0.3) is 10.9 Å². The number of hydrogen-bond acceptors (Lipinski definition) is 4. The molecule has 4 aromatic rings. The zero-order valence-corrected chi connectivity index (χ0v) is 20.8. The molecule has 10 heteroatoms. The first-order valence-corrected chi connectivity index (χ1v) is 11.9. The third kappa shape index (κ3) is 5.72. The molecule has 3 amide bonds. The quantitative estimate of drug-likeness (QED) is 0.271. The molecule has 8 nitrogen and oxygen atoms in total. The first-order valence-electron chi connectivity index (χ1n) is 11.1. The van der Waals surface area contributed by atoms with Crippen LogP contribution in [0.4, 0.5) is 15.8 Å². The first-order chi connectivity index (χ1) is 17.4. The minimum absolute atomic E-state index is 0.00456. The average molecular weight is 553 g/mol.